The zero-order valence-corrected chi connectivity index (χ0v) is 20.0. The monoisotopic (exact) mass is 456 g/mol. The summed E-state index contributed by atoms with van der Waals surface area (Å²) in [7, 11) is 1.73. The highest BCUT2D eigenvalue weighted by atomic mass is 16.5. The van der Waals surface area contributed by atoms with E-state index >= 15 is 0 Å². The van der Waals surface area contributed by atoms with Crippen molar-refractivity contribution in [3.8, 4) is 0 Å². The van der Waals surface area contributed by atoms with Crippen LogP contribution >= 0.6 is 0 Å². The number of carbonyl (C=O) groups is 2. The van der Waals surface area contributed by atoms with Crippen molar-refractivity contribution < 1.29 is 14.3 Å². The Hall–Kier alpha value is -1.96. The number of hydrogen-bond donors (Lipinski definition) is 2. The molecule has 0 spiro atoms. The lowest BCUT2D eigenvalue weighted by Gasteiger charge is -2.43. The minimum Gasteiger partial charge on any atom is -0.383 e. The van der Waals surface area contributed by atoms with Gasteiger partial charge >= 0.3 is 0 Å². The molecule has 3 fully saturated rings. The molecule has 1 saturated heterocycles. The summed E-state index contributed by atoms with van der Waals surface area (Å²) in [6.07, 6.45) is 7.23. The fourth-order valence-electron chi connectivity index (χ4n) is 5.33. The summed E-state index contributed by atoms with van der Waals surface area (Å²) in [5.74, 6) is 0.310. The van der Waals surface area contributed by atoms with Gasteiger partial charge in [0.05, 0.1) is 6.61 Å². The van der Waals surface area contributed by atoms with E-state index in [9.17, 15) is 9.59 Å². The van der Waals surface area contributed by atoms with E-state index in [4.69, 9.17) is 10.5 Å². The van der Waals surface area contributed by atoms with Crippen LogP contribution in [0.4, 0.5) is 0 Å². The molecule has 1 aliphatic heterocycles. The molecule has 7 nitrogen and oxygen atoms in total. The molecular weight excluding hydrogens is 416 g/mol. The molecule has 0 aromatic heterocycles. The Morgan fingerprint density at radius 2 is 1.82 bits per heavy atom. The molecule has 0 radical (unpaired) electrons. The quantitative estimate of drug-likeness (QED) is 0.595. The Kier molecular flexibility index (Phi) is 8.39. The van der Waals surface area contributed by atoms with Crippen molar-refractivity contribution in [3.05, 3.63) is 35.9 Å². The lowest BCUT2D eigenvalue weighted by atomic mass is 9.90. The number of nitrogens with zero attached hydrogens (tertiary/aromatic N) is 2. The highest BCUT2D eigenvalue weighted by Gasteiger charge is 2.43. The molecule has 1 heterocycles. The molecule has 0 bridgehead atoms. The zero-order valence-electron chi connectivity index (χ0n) is 20.0. The molecule has 7 heteroatoms. The molecule has 2 saturated carbocycles. The van der Waals surface area contributed by atoms with Crippen LogP contribution in [0.3, 0.4) is 0 Å². The van der Waals surface area contributed by atoms with Crippen molar-refractivity contribution in [1.29, 1.82) is 0 Å². The number of likely N-dealkylation sites (tertiary alicyclic amines) is 1. The second-order valence-electron chi connectivity index (χ2n) is 10.1. The normalized spacial score (nSPS) is 28.0. The van der Waals surface area contributed by atoms with Gasteiger partial charge in [-0.1, -0.05) is 30.3 Å². The summed E-state index contributed by atoms with van der Waals surface area (Å²) in [4.78, 5) is 30.8. The van der Waals surface area contributed by atoms with Crippen molar-refractivity contribution in [1.82, 2.24) is 15.1 Å². The summed E-state index contributed by atoms with van der Waals surface area (Å²) in [6.45, 7) is 2.92. The van der Waals surface area contributed by atoms with E-state index in [0.29, 0.717) is 19.6 Å². The number of nitrogens with two attached hydrogens (primary N) is 1. The maximum Gasteiger partial charge on any atom is 0.243 e. The van der Waals surface area contributed by atoms with Crippen molar-refractivity contribution in [2.45, 2.75) is 82.1 Å². The number of carbonyl (C=O) groups excluding carboxylic acids is 2. The number of ether oxygens (including phenoxy) is 1. The molecule has 1 unspecified atom stereocenters. The Morgan fingerprint density at radius 3 is 2.48 bits per heavy atom. The van der Waals surface area contributed by atoms with E-state index < -0.39 is 6.04 Å². The second kappa shape index (κ2) is 11.4. The van der Waals surface area contributed by atoms with Crippen LogP contribution in [0.1, 0.15) is 56.9 Å². The number of piperidine rings is 1. The first-order chi connectivity index (χ1) is 16.0. The predicted octanol–water partition coefficient (Wildman–Crippen LogP) is 2.29. The number of methoxy groups -OCH3 is 1. The molecule has 2 atom stereocenters. The lowest BCUT2D eigenvalue weighted by molar-refractivity contribution is -0.145. The third-order valence-corrected chi connectivity index (χ3v) is 7.53. The van der Waals surface area contributed by atoms with Gasteiger partial charge in [0.1, 0.15) is 6.04 Å². The van der Waals surface area contributed by atoms with E-state index in [1.165, 1.54) is 5.56 Å². The van der Waals surface area contributed by atoms with Gasteiger partial charge in [-0.15, -0.1) is 0 Å². The van der Waals surface area contributed by atoms with Crippen LogP contribution in [0.5, 0.6) is 0 Å². The molecule has 4 rings (SSSR count). The van der Waals surface area contributed by atoms with Crippen LogP contribution in [-0.4, -0.2) is 72.6 Å². The lowest BCUT2D eigenvalue weighted by Crippen LogP contribution is -2.59. The molecule has 3 aliphatic rings. The molecule has 182 valence electrons. The largest absolute Gasteiger partial charge is 0.383 e. The molecule has 33 heavy (non-hydrogen) atoms. The Balaban J connectivity index is 1.46. The Morgan fingerprint density at radius 1 is 1.09 bits per heavy atom. The topological polar surface area (TPSA) is 87.9 Å². The van der Waals surface area contributed by atoms with Crippen molar-refractivity contribution in [3.63, 3.8) is 0 Å². The van der Waals surface area contributed by atoms with E-state index in [1.807, 2.05) is 11.0 Å². The smallest absolute Gasteiger partial charge is 0.243 e. The highest BCUT2D eigenvalue weighted by molar-refractivity contribution is 5.89. The third-order valence-electron chi connectivity index (χ3n) is 7.53. The van der Waals surface area contributed by atoms with Crippen molar-refractivity contribution in [2.75, 3.05) is 26.8 Å². The van der Waals surface area contributed by atoms with Gasteiger partial charge in [0.25, 0.3) is 0 Å². The standard InChI is InChI=1S/C26H40N4O3/c1-33-16-15-29(18-19-5-3-2-4-6-19)23-13-14-30(26(32)20-7-8-20)24(17-23)25(31)28-22-11-9-21(27)10-12-22/h2-6,20-24H,7-18,27H2,1H3,(H,28,31)/t21?,22?,23?,24-/m1/s1. The first kappa shape index (κ1) is 24.2. The fourth-order valence-corrected chi connectivity index (χ4v) is 5.33. The van der Waals surface area contributed by atoms with E-state index in [1.54, 1.807) is 7.11 Å². The first-order valence-electron chi connectivity index (χ1n) is 12.7. The summed E-state index contributed by atoms with van der Waals surface area (Å²) < 4.78 is 5.39. The molecule has 2 amide bonds. The van der Waals surface area contributed by atoms with Gasteiger partial charge in [0.15, 0.2) is 0 Å². The molecule has 3 N–H and O–H groups in total. The van der Waals surface area contributed by atoms with Crippen molar-refractivity contribution >= 4 is 11.8 Å². The summed E-state index contributed by atoms with van der Waals surface area (Å²) in [5, 5.41) is 3.27. The van der Waals surface area contributed by atoms with Crippen LogP contribution in [-0.2, 0) is 20.9 Å². The van der Waals surface area contributed by atoms with Crippen LogP contribution < -0.4 is 11.1 Å². The summed E-state index contributed by atoms with van der Waals surface area (Å²) in [6, 6.07) is 10.7. The minimum atomic E-state index is -0.395. The third kappa shape index (κ3) is 6.55. The van der Waals surface area contributed by atoms with Crippen LogP contribution in [0, 0.1) is 5.92 Å². The summed E-state index contributed by atoms with van der Waals surface area (Å²) >= 11 is 0. The SMILES string of the molecule is COCCN(Cc1ccccc1)C1CCN(C(=O)C2CC2)[C@@H](C(=O)NC2CCC(N)CC2)C1. The average Bonchev–Trinajstić information content (AvgIpc) is 3.68. The van der Waals surface area contributed by atoms with Crippen LogP contribution in [0.15, 0.2) is 30.3 Å². The highest BCUT2D eigenvalue weighted by Crippen LogP contribution is 2.34. The van der Waals surface area contributed by atoms with Crippen LogP contribution in [0.25, 0.3) is 0 Å². The molecule has 1 aromatic carbocycles. The number of nitrogens with one attached hydrogen (secondary N) is 1. The Labute approximate surface area is 198 Å². The average molecular weight is 457 g/mol. The van der Waals surface area contributed by atoms with E-state index in [0.717, 1.165) is 58.0 Å². The number of rotatable bonds is 9. The maximum atomic E-state index is 13.5. The van der Waals surface area contributed by atoms with Gasteiger partial charge in [-0.3, -0.25) is 14.5 Å². The van der Waals surface area contributed by atoms with Gasteiger partial charge < -0.3 is 20.7 Å². The second-order valence-corrected chi connectivity index (χ2v) is 10.1. The summed E-state index contributed by atoms with van der Waals surface area (Å²) in [5.41, 5.74) is 7.30. The van der Waals surface area contributed by atoms with Gasteiger partial charge in [-0.25, -0.2) is 0 Å². The number of hydrogen-bond acceptors (Lipinski definition) is 5. The van der Waals surface area contributed by atoms with Gasteiger partial charge in [-0.05, 0) is 56.9 Å². The number of benzene rings is 1. The molecule has 1 aromatic rings. The first-order valence-corrected chi connectivity index (χ1v) is 12.7. The minimum absolute atomic E-state index is 0.0144. The Bertz CT molecular complexity index is 777. The predicted molar refractivity (Wildman–Crippen MR) is 128 cm³/mol. The fraction of sp³-hybridized carbons (Fsp3) is 0.692. The zero-order chi connectivity index (χ0) is 23.2. The maximum absolute atomic E-state index is 13.5. The number of amides is 2. The van der Waals surface area contributed by atoms with Crippen LogP contribution in [0.2, 0.25) is 0 Å². The van der Waals surface area contributed by atoms with Crippen molar-refractivity contribution in [2.24, 2.45) is 11.7 Å². The molecule has 2 aliphatic carbocycles. The van der Waals surface area contributed by atoms with Gasteiger partial charge in [-0.2, -0.15) is 0 Å². The van der Waals surface area contributed by atoms with Gasteiger partial charge in [0, 0.05) is 50.8 Å². The van der Waals surface area contributed by atoms with Gasteiger partial charge in [0.2, 0.25) is 11.8 Å². The van der Waals surface area contributed by atoms with E-state index in [2.05, 4.69) is 34.5 Å². The molecular formula is C26H40N4O3. The van der Waals surface area contributed by atoms with E-state index in [-0.39, 0.29) is 35.9 Å².